The molecule has 0 saturated heterocycles. The third-order valence-corrected chi connectivity index (χ3v) is 4.99. The number of nitrogens with zero attached hydrogens (tertiary/aromatic N) is 2. The number of H-pyrrole nitrogens is 1. The summed E-state index contributed by atoms with van der Waals surface area (Å²) in [6.45, 7) is 7.40. The van der Waals surface area contributed by atoms with Crippen molar-refractivity contribution in [1.82, 2.24) is 20.1 Å². The van der Waals surface area contributed by atoms with E-state index in [2.05, 4.69) is 15.5 Å². The summed E-state index contributed by atoms with van der Waals surface area (Å²) in [6.07, 6.45) is 0.316. The van der Waals surface area contributed by atoms with E-state index in [-0.39, 0.29) is 5.91 Å². The summed E-state index contributed by atoms with van der Waals surface area (Å²) in [5.74, 6) is 1.58. The van der Waals surface area contributed by atoms with Crippen LogP contribution in [0.5, 0.6) is 5.75 Å². The van der Waals surface area contributed by atoms with Gasteiger partial charge in [0.1, 0.15) is 12.4 Å². The van der Waals surface area contributed by atoms with E-state index in [0.29, 0.717) is 30.9 Å². The molecule has 3 rings (SSSR count). The summed E-state index contributed by atoms with van der Waals surface area (Å²) in [5.41, 5.74) is 4.30. The Morgan fingerprint density at radius 2 is 1.90 bits per heavy atom. The minimum atomic E-state index is -0.0478. The van der Waals surface area contributed by atoms with Gasteiger partial charge in [0.2, 0.25) is 5.91 Å². The lowest BCUT2D eigenvalue weighted by atomic mass is 10.1. The number of aromatic nitrogens is 3. The minimum absolute atomic E-state index is 0.0478. The average molecular weight is 411 g/mol. The fourth-order valence-corrected chi connectivity index (χ4v) is 3.43. The average Bonchev–Trinajstić information content (AvgIpc) is 3.06. The molecule has 2 N–H and O–H groups in total. The highest BCUT2D eigenvalue weighted by molar-refractivity contribution is 7.71. The molecule has 1 aromatic heterocycles. The van der Waals surface area contributed by atoms with Crippen LogP contribution in [0.4, 0.5) is 0 Å². The van der Waals surface area contributed by atoms with Crippen LogP contribution in [0.3, 0.4) is 0 Å². The zero-order valence-electron chi connectivity index (χ0n) is 17.0. The van der Waals surface area contributed by atoms with Gasteiger partial charge < -0.3 is 10.1 Å². The third kappa shape index (κ3) is 5.32. The predicted molar refractivity (Wildman–Crippen MR) is 117 cm³/mol. The molecule has 0 aliphatic carbocycles. The van der Waals surface area contributed by atoms with Crippen LogP contribution in [-0.4, -0.2) is 33.8 Å². The van der Waals surface area contributed by atoms with Crippen molar-refractivity contribution in [2.24, 2.45) is 0 Å². The summed E-state index contributed by atoms with van der Waals surface area (Å²) in [5, 5.41) is 10.0. The van der Waals surface area contributed by atoms with Gasteiger partial charge in [-0.05, 0) is 50.2 Å². The maximum Gasteiger partial charge on any atom is 0.221 e. The van der Waals surface area contributed by atoms with Gasteiger partial charge >= 0.3 is 0 Å². The van der Waals surface area contributed by atoms with Crippen LogP contribution in [0.25, 0.3) is 11.4 Å². The minimum Gasteiger partial charge on any atom is -0.491 e. The van der Waals surface area contributed by atoms with Crippen LogP contribution in [0.1, 0.15) is 23.1 Å². The van der Waals surface area contributed by atoms with Crippen molar-refractivity contribution in [1.29, 1.82) is 0 Å². The predicted octanol–water partition coefficient (Wildman–Crippen LogP) is 4.12. The van der Waals surface area contributed by atoms with E-state index in [1.165, 1.54) is 0 Å². The van der Waals surface area contributed by atoms with Gasteiger partial charge in [0.15, 0.2) is 10.6 Å². The highest BCUT2D eigenvalue weighted by Gasteiger charge is 2.11. The van der Waals surface area contributed by atoms with Gasteiger partial charge in [-0.2, -0.15) is 5.10 Å². The largest absolute Gasteiger partial charge is 0.491 e. The Morgan fingerprint density at radius 3 is 2.62 bits per heavy atom. The first-order chi connectivity index (χ1) is 14.0. The van der Waals surface area contributed by atoms with Crippen LogP contribution in [0.15, 0.2) is 42.5 Å². The van der Waals surface area contributed by atoms with Gasteiger partial charge in [-0.15, -0.1) is 0 Å². The van der Waals surface area contributed by atoms with Crippen molar-refractivity contribution >= 4 is 18.1 Å². The lowest BCUT2D eigenvalue weighted by molar-refractivity contribution is -0.121. The number of rotatable bonds is 8. The Balaban J connectivity index is 1.51. The molecule has 0 bridgehead atoms. The van der Waals surface area contributed by atoms with Gasteiger partial charge in [-0.1, -0.05) is 42.0 Å². The molecular formula is C22H26N4O2S. The molecule has 0 fully saturated rings. The second-order valence-electron chi connectivity index (χ2n) is 7.04. The van der Waals surface area contributed by atoms with Crippen molar-refractivity contribution < 1.29 is 9.53 Å². The molecule has 0 saturated carbocycles. The van der Waals surface area contributed by atoms with E-state index in [0.717, 1.165) is 33.8 Å². The molecule has 0 atom stereocenters. The van der Waals surface area contributed by atoms with E-state index >= 15 is 0 Å². The lowest BCUT2D eigenvalue weighted by Crippen LogP contribution is -2.29. The number of hydrogen-bond acceptors (Lipinski definition) is 4. The number of nitrogens with one attached hydrogen (secondary N) is 2. The van der Waals surface area contributed by atoms with Crippen LogP contribution < -0.4 is 10.1 Å². The second-order valence-corrected chi connectivity index (χ2v) is 7.43. The summed E-state index contributed by atoms with van der Waals surface area (Å²) in [6, 6.07) is 14.1. The Bertz CT molecular complexity index is 1030. The highest BCUT2D eigenvalue weighted by atomic mass is 32.1. The summed E-state index contributed by atoms with van der Waals surface area (Å²) in [7, 11) is 0. The number of aryl methyl sites for hydroxylation is 3. The smallest absolute Gasteiger partial charge is 0.221 e. The van der Waals surface area contributed by atoms with E-state index in [9.17, 15) is 4.79 Å². The first-order valence-electron chi connectivity index (χ1n) is 9.63. The number of amides is 1. The number of para-hydroxylation sites is 1. The van der Waals surface area contributed by atoms with E-state index in [1.54, 1.807) is 0 Å². The Hall–Kier alpha value is -2.93. The zero-order chi connectivity index (χ0) is 20.8. The fraction of sp³-hybridized carbons (Fsp3) is 0.318. The second kappa shape index (κ2) is 9.52. The van der Waals surface area contributed by atoms with E-state index in [1.807, 2.05) is 67.8 Å². The molecule has 6 nitrogen and oxygen atoms in total. The third-order valence-electron chi connectivity index (χ3n) is 4.68. The number of aromatic amines is 1. The van der Waals surface area contributed by atoms with E-state index in [4.69, 9.17) is 17.0 Å². The number of ether oxygens (including phenoxy) is 1. The normalized spacial score (nSPS) is 10.7. The van der Waals surface area contributed by atoms with E-state index < -0.39 is 0 Å². The van der Waals surface area contributed by atoms with Crippen LogP contribution in [0.2, 0.25) is 0 Å². The molecule has 0 unspecified atom stereocenters. The molecule has 0 spiro atoms. The van der Waals surface area contributed by atoms with Gasteiger partial charge in [-0.25, -0.2) is 0 Å². The molecule has 0 radical (unpaired) electrons. The van der Waals surface area contributed by atoms with Crippen LogP contribution >= 0.6 is 12.2 Å². The van der Waals surface area contributed by atoms with Crippen molar-refractivity contribution in [2.75, 3.05) is 13.2 Å². The number of benzene rings is 2. The number of hydrogen-bond donors (Lipinski definition) is 2. The maximum atomic E-state index is 12.3. The fourth-order valence-electron chi connectivity index (χ4n) is 3.20. The van der Waals surface area contributed by atoms with Gasteiger partial charge in [0.05, 0.1) is 6.54 Å². The maximum absolute atomic E-state index is 12.3. The van der Waals surface area contributed by atoms with Crippen molar-refractivity contribution in [2.45, 2.75) is 33.7 Å². The Labute approximate surface area is 175 Å². The number of carbonyl (C=O) groups excluding carboxylic acids is 1. The lowest BCUT2D eigenvalue weighted by Gasteiger charge is -2.12. The Morgan fingerprint density at radius 1 is 1.17 bits per heavy atom. The first-order valence-corrected chi connectivity index (χ1v) is 10.0. The topological polar surface area (TPSA) is 71.9 Å². The standard InChI is InChI=1S/C22H26N4O2S/c1-15-6-4-9-18(14-15)21-24-25-22(29)26(21)12-10-19(27)23-11-13-28-20-16(2)7-5-8-17(20)3/h4-9,14H,10-13H2,1-3H3,(H,23,27)(H,25,29). The van der Waals surface area contributed by atoms with Crippen molar-refractivity contribution in [3.8, 4) is 17.1 Å². The molecule has 2 aromatic carbocycles. The summed E-state index contributed by atoms with van der Waals surface area (Å²) in [4.78, 5) is 12.3. The van der Waals surface area contributed by atoms with Gasteiger partial charge in [0.25, 0.3) is 0 Å². The molecule has 3 aromatic rings. The monoisotopic (exact) mass is 410 g/mol. The van der Waals surface area contributed by atoms with Crippen molar-refractivity contribution in [3.05, 3.63) is 63.9 Å². The molecule has 0 aliphatic heterocycles. The zero-order valence-corrected chi connectivity index (χ0v) is 17.8. The SMILES string of the molecule is Cc1cccc(-c2n[nH]c(=S)n2CCC(=O)NCCOc2c(C)cccc2C)c1. The molecule has 29 heavy (non-hydrogen) atoms. The highest BCUT2D eigenvalue weighted by Crippen LogP contribution is 2.22. The first kappa shape index (κ1) is 20.8. The molecule has 1 heterocycles. The Kier molecular flexibility index (Phi) is 6.82. The summed E-state index contributed by atoms with van der Waals surface area (Å²) >= 11 is 5.34. The van der Waals surface area contributed by atoms with Crippen LogP contribution in [0, 0.1) is 25.5 Å². The molecule has 1 amide bonds. The van der Waals surface area contributed by atoms with Crippen molar-refractivity contribution in [3.63, 3.8) is 0 Å². The van der Waals surface area contributed by atoms with Gasteiger partial charge in [-0.3, -0.25) is 14.5 Å². The molecular weight excluding hydrogens is 384 g/mol. The summed E-state index contributed by atoms with van der Waals surface area (Å²) < 4.78 is 8.19. The molecule has 152 valence electrons. The van der Waals surface area contributed by atoms with Crippen LogP contribution in [-0.2, 0) is 11.3 Å². The number of carbonyl (C=O) groups is 1. The quantitative estimate of drug-likeness (QED) is 0.433. The molecule has 7 heteroatoms. The molecule has 0 aliphatic rings. The van der Waals surface area contributed by atoms with Gasteiger partial charge in [0, 0.05) is 18.5 Å².